The summed E-state index contributed by atoms with van der Waals surface area (Å²) in [6.07, 6.45) is 3.18. The Labute approximate surface area is 164 Å². The molecule has 2 aliphatic heterocycles. The van der Waals surface area contributed by atoms with E-state index < -0.39 is 0 Å². The summed E-state index contributed by atoms with van der Waals surface area (Å²) in [7, 11) is 0. The Hall–Kier alpha value is -2.51. The fraction of sp³-hybridized carbons (Fsp3) is 0.476. The van der Waals surface area contributed by atoms with Gasteiger partial charge < -0.3 is 20.1 Å². The topological polar surface area (TPSA) is 96.5 Å². The first-order valence-corrected chi connectivity index (χ1v) is 9.94. The van der Waals surface area contributed by atoms with Crippen molar-refractivity contribution in [2.45, 2.75) is 38.3 Å². The van der Waals surface area contributed by atoms with Crippen molar-refractivity contribution in [1.82, 2.24) is 10.3 Å². The number of anilines is 1. The molecule has 2 saturated heterocycles. The number of nitrogens with zero attached hydrogens (tertiary/aromatic N) is 3. The second-order valence-electron chi connectivity index (χ2n) is 7.59. The molecule has 0 spiro atoms. The molecule has 0 aliphatic carbocycles. The van der Waals surface area contributed by atoms with Crippen molar-refractivity contribution in [2.75, 3.05) is 31.2 Å². The van der Waals surface area contributed by atoms with Gasteiger partial charge in [-0.25, -0.2) is 4.98 Å². The van der Waals surface area contributed by atoms with Crippen LogP contribution in [-0.2, 0) is 4.74 Å². The van der Waals surface area contributed by atoms with Crippen molar-refractivity contribution >= 4 is 28.5 Å². The first-order valence-electron chi connectivity index (χ1n) is 9.94. The zero-order valence-corrected chi connectivity index (χ0v) is 16.2. The number of benzene rings is 1. The number of nitrogens with one attached hydrogen (secondary N) is 2. The normalized spacial score (nSPS) is 21.4. The zero-order chi connectivity index (χ0) is 19.5. The number of rotatable bonds is 4. The minimum atomic E-state index is 0.101. The molecule has 1 unspecified atom stereocenters. The lowest BCUT2D eigenvalue weighted by atomic mass is 10.0. The Bertz CT molecular complexity index is 883. The van der Waals surface area contributed by atoms with Crippen LogP contribution in [0.3, 0.4) is 0 Å². The maximum atomic E-state index is 8.38. The van der Waals surface area contributed by atoms with Gasteiger partial charge in [-0.2, -0.15) is 4.99 Å². The summed E-state index contributed by atoms with van der Waals surface area (Å²) in [5.74, 6) is 1.03. The van der Waals surface area contributed by atoms with Gasteiger partial charge in [0.2, 0.25) is 0 Å². The molecule has 2 fully saturated rings. The number of hydrogen-bond donors (Lipinski definition) is 2. The molecule has 1 aromatic heterocycles. The number of ether oxygens (including phenoxy) is 1. The monoisotopic (exact) mass is 382 g/mol. The third-order valence-corrected chi connectivity index (χ3v) is 5.43. The molecule has 1 aromatic carbocycles. The third-order valence-electron chi connectivity index (χ3n) is 5.43. The van der Waals surface area contributed by atoms with Gasteiger partial charge in [-0.05, 0) is 38.3 Å². The van der Waals surface area contributed by atoms with Crippen LogP contribution in [0.15, 0.2) is 35.3 Å². The summed E-state index contributed by atoms with van der Waals surface area (Å²) in [5, 5.41) is 20.7. The highest BCUT2D eigenvalue weighted by atomic mass is 16.5. The van der Waals surface area contributed by atoms with E-state index in [1.165, 1.54) is 0 Å². The van der Waals surface area contributed by atoms with Crippen molar-refractivity contribution in [1.29, 1.82) is 5.41 Å². The van der Waals surface area contributed by atoms with Crippen molar-refractivity contribution in [3.8, 4) is 0 Å². The Morgan fingerprint density at radius 2 is 2.04 bits per heavy atom. The summed E-state index contributed by atoms with van der Waals surface area (Å²) in [4.78, 5) is 11.2. The summed E-state index contributed by atoms with van der Waals surface area (Å²) >= 11 is 0. The molecule has 0 bridgehead atoms. The van der Waals surface area contributed by atoms with E-state index in [0.29, 0.717) is 17.6 Å². The quantitative estimate of drug-likeness (QED) is 0.480. The lowest BCUT2D eigenvalue weighted by molar-refractivity contribution is 0.186. The van der Waals surface area contributed by atoms with Gasteiger partial charge in [0.1, 0.15) is 17.2 Å². The smallest absolute Gasteiger partial charge is 0.369 e. The van der Waals surface area contributed by atoms with Gasteiger partial charge >= 0.3 is 5.90 Å². The minimum absolute atomic E-state index is 0.101. The Balaban J connectivity index is 1.57. The van der Waals surface area contributed by atoms with E-state index in [0.717, 1.165) is 62.3 Å². The lowest BCUT2D eigenvalue weighted by Gasteiger charge is -2.35. The van der Waals surface area contributed by atoms with E-state index in [9.17, 15) is 0 Å². The van der Waals surface area contributed by atoms with Crippen LogP contribution < -0.4 is 10.2 Å². The number of aliphatic imine (C=N–C) groups is 1. The van der Waals surface area contributed by atoms with Crippen LogP contribution in [0.4, 0.5) is 5.82 Å². The van der Waals surface area contributed by atoms with Crippen LogP contribution >= 0.6 is 0 Å². The van der Waals surface area contributed by atoms with Crippen LogP contribution in [0.2, 0.25) is 0 Å². The SMILES string of the molecule is CC(=N)N=C([OH2+])c1cc2ccccc2nc1N1CCC(NC2CCOC2)CC1. The predicted octanol–water partition coefficient (Wildman–Crippen LogP) is 2.05. The van der Waals surface area contributed by atoms with Crippen molar-refractivity contribution in [3.05, 3.63) is 35.9 Å². The van der Waals surface area contributed by atoms with Crippen molar-refractivity contribution in [2.24, 2.45) is 4.99 Å². The molecule has 7 nitrogen and oxygen atoms in total. The van der Waals surface area contributed by atoms with Crippen LogP contribution in [0.5, 0.6) is 0 Å². The summed E-state index contributed by atoms with van der Waals surface area (Å²) < 4.78 is 5.47. The van der Waals surface area contributed by atoms with E-state index in [4.69, 9.17) is 20.2 Å². The second kappa shape index (κ2) is 8.24. The van der Waals surface area contributed by atoms with Gasteiger partial charge in [0.05, 0.1) is 12.1 Å². The molecule has 2 aromatic rings. The average Bonchev–Trinajstić information content (AvgIpc) is 3.20. The molecule has 148 valence electrons. The van der Waals surface area contributed by atoms with Gasteiger partial charge in [0.25, 0.3) is 0 Å². The molecule has 1 atom stereocenters. The fourth-order valence-electron chi connectivity index (χ4n) is 4.01. The molecule has 0 radical (unpaired) electrons. The summed E-state index contributed by atoms with van der Waals surface area (Å²) in [6.45, 7) is 5.05. The Morgan fingerprint density at radius 3 is 2.75 bits per heavy atom. The molecular formula is C21H28N5O2+. The van der Waals surface area contributed by atoms with Gasteiger partial charge in [-0.1, -0.05) is 18.2 Å². The number of para-hydroxylation sites is 1. The predicted molar refractivity (Wildman–Crippen MR) is 113 cm³/mol. The standard InChI is InChI=1S/C21H27N5O2/c1-14(22)23-21(27)18-12-15-4-2-3-5-19(15)25-20(18)26-9-6-16(7-10-26)24-17-8-11-28-13-17/h2-5,12,16-17,24H,6-11,13H2,1H3,(H2,22,23,27)/p+1. The Kier molecular flexibility index (Phi) is 5.54. The maximum absolute atomic E-state index is 8.38. The van der Waals surface area contributed by atoms with Crippen LogP contribution in [0.1, 0.15) is 31.7 Å². The lowest BCUT2D eigenvalue weighted by Crippen LogP contribution is -2.47. The molecule has 28 heavy (non-hydrogen) atoms. The second-order valence-corrected chi connectivity index (χ2v) is 7.59. The number of hydrogen-bond acceptors (Lipinski definition) is 5. The average molecular weight is 382 g/mol. The fourth-order valence-corrected chi connectivity index (χ4v) is 4.01. The number of amidine groups is 1. The molecule has 0 saturated carbocycles. The van der Waals surface area contributed by atoms with Crippen LogP contribution in [0, 0.1) is 5.41 Å². The van der Waals surface area contributed by atoms with Gasteiger partial charge in [-0.3, -0.25) is 5.41 Å². The maximum Gasteiger partial charge on any atom is 0.369 e. The first-order chi connectivity index (χ1) is 13.6. The number of piperidine rings is 1. The summed E-state index contributed by atoms with van der Waals surface area (Å²) in [5.41, 5.74) is 1.62. The zero-order valence-electron chi connectivity index (χ0n) is 16.2. The molecular weight excluding hydrogens is 354 g/mol. The van der Waals surface area contributed by atoms with Crippen molar-refractivity contribution < 1.29 is 9.84 Å². The molecule has 3 heterocycles. The largest absolute Gasteiger partial charge is 0.578 e. The molecule has 7 heteroatoms. The first kappa shape index (κ1) is 18.8. The van der Waals surface area contributed by atoms with Gasteiger partial charge in [0.15, 0.2) is 0 Å². The molecule has 4 rings (SSSR count). The molecule has 0 amide bonds. The van der Waals surface area contributed by atoms with Crippen LogP contribution in [0.25, 0.3) is 10.9 Å². The summed E-state index contributed by atoms with van der Waals surface area (Å²) in [6, 6.07) is 10.9. The van der Waals surface area contributed by atoms with E-state index in [1.807, 2.05) is 30.3 Å². The number of aromatic nitrogens is 1. The van der Waals surface area contributed by atoms with Gasteiger partial charge in [0, 0.05) is 37.2 Å². The highest BCUT2D eigenvalue weighted by Gasteiger charge is 2.27. The highest BCUT2D eigenvalue weighted by Crippen LogP contribution is 2.27. The highest BCUT2D eigenvalue weighted by molar-refractivity contribution is 6.05. The molecule has 4 N–H and O–H groups in total. The van der Waals surface area contributed by atoms with E-state index in [2.05, 4.69) is 15.2 Å². The van der Waals surface area contributed by atoms with E-state index in [-0.39, 0.29) is 11.7 Å². The van der Waals surface area contributed by atoms with E-state index in [1.54, 1.807) is 6.92 Å². The number of pyridine rings is 1. The van der Waals surface area contributed by atoms with Crippen molar-refractivity contribution in [3.63, 3.8) is 0 Å². The minimum Gasteiger partial charge on any atom is -0.578 e. The van der Waals surface area contributed by atoms with E-state index >= 15 is 0 Å². The Morgan fingerprint density at radius 1 is 1.25 bits per heavy atom. The third kappa shape index (κ3) is 4.15. The van der Waals surface area contributed by atoms with Gasteiger partial charge in [-0.15, -0.1) is 0 Å². The van der Waals surface area contributed by atoms with Crippen LogP contribution in [-0.4, -0.2) is 60.2 Å². The number of fused-ring (bicyclic) bond motifs is 1. The molecule has 2 aliphatic rings.